The van der Waals surface area contributed by atoms with Gasteiger partial charge in [0.05, 0.1) is 12.7 Å². The summed E-state index contributed by atoms with van der Waals surface area (Å²) in [5, 5.41) is 0. The summed E-state index contributed by atoms with van der Waals surface area (Å²) in [6, 6.07) is 25.1. The van der Waals surface area contributed by atoms with E-state index in [4.69, 9.17) is 4.42 Å². The number of aromatic nitrogens is 1. The molecule has 0 saturated heterocycles. The average Bonchev–Trinajstić information content (AvgIpc) is 3.48. The predicted octanol–water partition coefficient (Wildman–Crippen LogP) is 7.19. The first-order valence-corrected chi connectivity index (χ1v) is 12.8. The van der Waals surface area contributed by atoms with Crippen molar-refractivity contribution in [3.05, 3.63) is 90.8 Å². The molecule has 184 valence electrons. The lowest BCUT2D eigenvalue weighted by Crippen LogP contribution is -2.36. The SMILES string of the molecule is CN(C)c1ccc(-c2ccc(CN(C(=O)C3CCCCC3)c3cccc(-c4ncco4)c3)cc2)cc1. The van der Waals surface area contributed by atoms with Gasteiger partial charge in [-0.2, -0.15) is 0 Å². The minimum Gasteiger partial charge on any atom is -0.445 e. The van der Waals surface area contributed by atoms with E-state index in [2.05, 4.69) is 58.4 Å². The molecular weight excluding hydrogens is 446 g/mol. The van der Waals surface area contributed by atoms with Crippen LogP contribution in [0.2, 0.25) is 0 Å². The summed E-state index contributed by atoms with van der Waals surface area (Å²) < 4.78 is 5.51. The molecule has 5 heteroatoms. The van der Waals surface area contributed by atoms with Gasteiger partial charge in [-0.25, -0.2) is 4.98 Å². The third kappa shape index (κ3) is 5.35. The second-order valence-corrected chi connectivity index (χ2v) is 9.79. The van der Waals surface area contributed by atoms with Gasteiger partial charge in [0.2, 0.25) is 11.8 Å². The Morgan fingerprint density at radius 2 is 1.56 bits per heavy atom. The molecule has 0 unspecified atom stereocenters. The van der Waals surface area contributed by atoms with Crippen LogP contribution in [-0.4, -0.2) is 25.0 Å². The van der Waals surface area contributed by atoms with Crippen LogP contribution in [0.25, 0.3) is 22.6 Å². The fraction of sp³-hybridized carbons (Fsp3) is 0.290. The van der Waals surface area contributed by atoms with E-state index in [9.17, 15) is 4.79 Å². The standard InChI is InChI=1S/C31H33N3O2/c1-33(2)28-17-15-25(16-18-28)24-13-11-23(12-14-24)22-34(31(35)26-7-4-3-5-8-26)29-10-6-9-27(21-29)30-32-19-20-36-30/h6,9-21,26H,3-5,7-8,22H2,1-2H3. The lowest BCUT2D eigenvalue weighted by Gasteiger charge is -2.30. The lowest BCUT2D eigenvalue weighted by molar-refractivity contribution is -0.123. The molecule has 1 heterocycles. The molecule has 4 aromatic rings. The maximum absolute atomic E-state index is 13.8. The van der Waals surface area contributed by atoms with Crippen molar-refractivity contribution in [2.75, 3.05) is 23.9 Å². The number of oxazole rings is 1. The van der Waals surface area contributed by atoms with Crippen LogP contribution in [0, 0.1) is 5.92 Å². The zero-order chi connectivity index (χ0) is 24.9. The molecule has 3 aromatic carbocycles. The molecule has 36 heavy (non-hydrogen) atoms. The van der Waals surface area contributed by atoms with Crippen LogP contribution in [-0.2, 0) is 11.3 Å². The van der Waals surface area contributed by atoms with E-state index < -0.39 is 0 Å². The fourth-order valence-corrected chi connectivity index (χ4v) is 4.98. The van der Waals surface area contributed by atoms with Crippen molar-refractivity contribution < 1.29 is 9.21 Å². The van der Waals surface area contributed by atoms with Crippen LogP contribution in [0.4, 0.5) is 11.4 Å². The molecule has 0 bridgehead atoms. The minimum atomic E-state index is 0.0821. The monoisotopic (exact) mass is 479 g/mol. The third-order valence-electron chi connectivity index (χ3n) is 7.07. The van der Waals surface area contributed by atoms with Gasteiger partial charge < -0.3 is 14.2 Å². The molecule has 0 aliphatic heterocycles. The lowest BCUT2D eigenvalue weighted by atomic mass is 9.88. The molecule has 1 aliphatic rings. The van der Waals surface area contributed by atoms with Gasteiger partial charge in [0, 0.05) is 37.0 Å². The molecule has 1 amide bonds. The molecule has 0 radical (unpaired) electrons. The molecule has 1 saturated carbocycles. The molecule has 1 aromatic heterocycles. The van der Waals surface area contributed by atoms with Gasteiger partial charge in [0.25, 0.3) is 0 Å². The number of benzene rings is 3. The van der Waals surface area contributed by atoms with Crippen molar-refractivity contribution >= 4 is 17.3 Å². The largest absolute Gasteiger partial charge is 0.445 e. The highest BCUT2D eigenvalue weighted by molar-refractivity contribution is 5.95. The number of anilines is 2. The van der Waals surface area contributed by atoms with Crippen LogP contribution in [0.5, 0.6) is 0 Å². The smallest absolute Gasteiger partial charge is 0.230 e. The molecular formula is C31H33N3O2. The molecule has 1 aliphatic carbocycles. The van der Waals surface area contributed by atoms with E-state index in [0.29, 0.717) is 12.4 Å². The summed E-state index contributed by atoms with van der Waals surface area (Å²) in [5.74, 6) is 0.854. The number of nitrogens with zero attached hydrogens (tertiary/aromatic N) is 3. The first kappa shape index (κ1) is 23.9. The molecule has 0 spiro atoms. The normalized spacial score (nSPS) is 13.9. The zero-order valence-electron chi connectivity index (χ0n) is 21.1. The van der Waals surface area contributed by atoms with Gasteiger partial charge in [0.1, 0.15) is 6.26 Å². The Bertz CT molecular complexity index is 1270. The number of carbonyl (C=O) groups excluding carboxylic acids is 1. The van der Waals surface area contributed by atoms with Crippen LogP contribution in [0.15, 0.2) is 89.7 Å². The van der Waals surface area contributed by atoms with Gasteiger partial charge in [-0.3, -0.25) is 4.79 Å². The maximum Gasteiger partial charge on any atom is 0.230 e. The highest BCUT2D eigenvalue weighted by Crippen LogP contribution is 2.31. The van der Waals surface area contributed by atoms with Crippen molar-refractivity contribution in [3.63, 3.8) is 0 Å². The zero-order valence-corrected chi connectivity index (χ0v) is 21.1. The molecule has 0 atom stereocenters. The van der Waals surface area contributed by atoms with E-state index >= 15 is 0 Å². The van der Waals surface area contributed by atoms with Crippen molar-refractivity contribution in [2.45, 2.75) is 38.6 Å². The highest BCUT2D eigenvalue weighted by Gasteiger charge is 2.27. The van der Waals surface area contributed by atoms with Crippen molar-refractivity contribution in [2.24, 2.45) is 5.92 Å². The van der Waals surface area contributed by atoms with Crippen LogP contribution in [0.3, 0.4) is 0 Å². The summed E-state index contributed by atoms with van der Waals surface area (Å²) in [4.78, 5) is 22.1. The Balaban J connectivity index is 1.41. The van der Waals surface area contributed by atoms with Crippen molar-refractivity contribution in [1.29, 1.82) is 0 Å². The number of amides is 1. The molecule has 5 rings (SSSR count). The summed E-state index contributed by atoms with van der Waals surface area (Å²) in [5.41, 5.74) is 6.38. The minimum absolute atomic E-state index is 0.0821. The second-order valence-electron chi connectivity index (χ2n) is 9.79. The van der Waals surface area contributed by atoms with Gasteiger partial charge in [-0.15, -0.1) is 0 Å². The van der Waals surface area contributed by atoms with Crippen LogP contribution in [0.1, 0.15) is 37.7 Å². The van der Waals surface area contributed by atoms with Gasteiger partial charge in [-0.1, -0.05) is 61.7 Å². The van der Waals surface area contributed by atoms with Gasteiger partial charge in [0.15, 0.2) is 0 Å². The first-order chi connectivity index (χ1) is 17.6. The van der Waals surface area contributed by atoms with E-state index in [-0.39, 0.29) is 11.8 Å². The van der Waals surface area contributed by atoms with E-state index in [1.165, 1.54) is 23.2 Å². The maximum atomic E-state index is 13.8. The molecule has 0 N–H and O–H groups in total. The fourth-order valence-electron chi connectivity index (χ4n) is 4.98. The Kier molecular flexibility index (Phi) is 7.17. The van der Waals surface area contributed by atoms with Crippen molar-refractivity contribution in [3.8, 4) is 22.6 Å². The number of carbonyl (C=O) groups is 1. The predicted molar refractivity (Wildman–Crippen MR) is 146 cm³/mol. The molecule has 5 nitrogen and oxygen atoms in total. The number of hydrogen-bond donors (Lipinski definition) is 0. The van der Waals surface area contributed by atoms with Crippen LogP contribution < -0.4 is 9.80 Å². The molecule has 1 fully saturated rings. The van der Waals surface area contributed by atoms with E-state index in [0.717, 1.165) is 42.5 Å². The highest BCUT2D eigenvalue weighted by atomic mass is 16.3. The van der Waals surface area contributed by atoms with E-state index in [1.807, 2.05) is 43.3 Å². The Labute approximate surface area is 213 Å². The summed E-state index contributed by atoms with van der Waals surface area (Å²) in [6.07, 6.45) is 8.63. The van der Waals surface area contributed by atoms with Crippen LogP contribution >= 0.6 is 0 Å². The second kappa shape index (κ2) is 10.8. The summed E-state index contributed by atoms with van der Waals surface area (Å²) in [7, 11) is 4.09. The summed E-state index contributed by atoms with van der Waals surface area (Å²) >= 11 is 0. The Morgan fingerprint density at radius 3 is 2.19 bits per heavy atom. The first-order valence-electron chi connectivity index (χ1n) is 12.8. The number of rotatable bonds is 7. The number of hydrogen-bond acceptors (Lipinski definition) is 4. The van der Waals surface area contributed by atoms with Gasteiger partial charge >= 0.3 is 0 Å². The quantitative estimate of drug-likeness (QED) is 0.281. The van der Waals surface area contributed by atoms with E-state index in [1.54, 1.807) is 12.5 Å². The Morgan fingerprint density at radius 1 is 0.861 bits per heavy atom. The average molecular weight is 480 g/mol. The van der Waals surface area contributed by atoms with Crippen molar-refractivity contribution in [1.82, 2.24) is 4.98 Å². The third-order valence-corrected chi connectivity index (χ3v) is 7.07. The topological polar surface area (TPSA) is 49.6 Å². The Hall–Kier alpha value is -3.86. The van der Waals surface area contributed by atoms with Gasteiger partial charge in [-0.05, 0) is 59.9 Å². The summed E-state index contributed by atoms with van der Waals surface area (Å²) in [6.45, 7) is 0.532.